The lowest BCUT2D eigenvalue weighted by Gasteiger charge is -2.35. The van der Waals surface area contributed by atoms with Crippen LogP contribution in [0.3, 0.4) is 0 Å². The molecule has 0 saturated carbocycles. The van der Waals surface area contributed by atoms with Crippen LogP contribution in [-0.2, 0) is 26.4 Å². The second kappa shape index (κ2) is 8.26. The Balaban J connectivity index is 1.24. The molecule has 0 amide bonds. The Hall–Kier alpha value is -3.00. The van der Waals surface area contributed by atoms with E-state index in [1.54, 1.807) is 22.4 Å². The third kappa shape index (κ3) is 3.87. The van der Waals surface area contributed by atoms with Gasteiger partial charge >= 0.3 is 0 Å². The second-order valence-electron chi connectivity index (χ2n) is 8.51. The van der Waals surface area contributed by atoms with E-state index in [0.29, 0.717) is 11.9 Å². The zero-order chi connectivity index (χ0) is 21.4. The molecule has 8 heteroatoms. The van der Waals surface area contributed by atoms with Crippen LogP contribution in [-0.4, -0.2) is 57.0 Å². The van der Waals surface area contributed by atoms with Crippen LogP contribution in [0, 0.1) is 0 Å². The number of anilines is 1. The van der Waals surface area contributed by atoms with E-state index < -0.39 is 0 Å². The molecule has 0 atom stereocenters. The molecule has 0 bridgehead atoms. The van der Waals surface area contributed by atoms with E-state index in [-0.39, 0.29) is 11.1 Å². The van der Waals surface area contributed by atoms with Crippen LogP contribution < -0.4 is 16.0 Å². The van der Waals surface area contributed by atoms with Gasteiger partial charge in [-0.3, -0.25) is 19.1 Å². The van der Waals surface area contributed by atoms with Crippen LogP contribution >= 0.6 is 0 Å². The van der Waals surface area contributed by atoms with Crippen molar-refractivity contribution in [3.8, 4) is 0 Å². The van der Waals surface area contributed by atoms with Gasteiger partial charge < -0.3 is 4.90 Å². The highest BCUT2D eigenvalue weighted by Gasteiger charge is 2.21. The van der Waals surface area contributed by atoms with Crippen molar-refractivity contribution in [1.82, 2.24) is 24.2 Å². The van der Waals surface area contributed by atoms with Crippen molar-refractivity contribution in [2.24, 2.45) is 7.05 Å². The number of aryl methyl sites for hydroxylation is 2. The average Bonchev–Trinajstić information content (AvgIpc) is 2.80. The molecule has 1 saturated heterocycles. The summed E-state index contributed by atoms with van der Waals surface area (Å²) in [6.07, 6.45) is 4.27. The van der Waals surface area contributed by atoms with Gasteiger partial charge in [-0.15, -0.1) is 0 Å². The zero-order valence-electron chi connectivity index (χ0n) is 18.0. The SMILES string of the molecule is Cn1c(N2CCN(CCn3nc4c(cc3=O)CCCC4)CC2)nc2ccccc2c1=O. The van der Waals surface area contributed by atoms with Crippen molar-refractivity contribution in [3.63, 3.8) is 0 Å². The minimum Gasteiger partial charge on any atom is -0.340 e. The standard InChI is InChI=1S/C23H28N6O2/c1-26-22(31)18-7-3-5-9-20(18)24-23(26)28-13-10-27(11-14-28)12-15-29-21(30)16-17-6-2-4-8-19(17)25-29/h3,5,7,9,16H,2,4,6,8,10-15H2,1H3. The largest absolute Gasteiger partial charge is 0.340 e. The van der Waals surface area contributed by atoms with Gasteiger partial charge in [0.05, 0.1) is 23.1 Å². The molecule has 31 heavy (non-hydrogen) atoms. The Labute approximate surface area is 180 Å². The molecule has 0 radical (unpaired) electrons. The van der Waals surface area contributed by atoms with Crippen LogP contribution in [0.5, 0.6) is 0 Å². The quantitative estimate of drug-likeness (QED) is 0.631. The van der Waals surface area contributed by atoms with Gasteiger partial charge in [0.1, 0.15) is 0 Å². The van der Waals surface area contributed by atoms with Crippen molar-refractivity contribution in [2.75, 3.05) is 37.6 Å². The molecule has 1 aliphatic heterocycles. The summed E-state index contributed by atoms with van der Waals surface area (Å²) in [5.74, 6) is 0.718. The fourth-order valence-corrected chi connectivity index (χ4v) is 4.66. The number of piperazine rings is 1. The minimum absolute atomic E-state index is 0.00893. The smallest absolute Gasteiger partial charge is 0.267 e. The van der Waals surface area contributed by atoms with Crippen molar-refractivity contribution in [3.05, 3.63) is 62.3 Å². The summed E-state index contributed by atoms with van der Waals surface area (Å²) in [6, 6.07) is 9.27. The third-order valence-corrected chi connectivity index (χ3v) is 6.52. The fourth-order valence-electron chi connectivity index (χ4n) is 4.66. The predicted octanol–water partition coefficient (Wildman–Crippen LogP) is 1.19. The Morgan fingerprint density at radius 3 is 2.58 bits per heavy atom. The van der Waals surface area contributed by atoms with Gasteiger partial charge in [0.25, 0.3) is 11.1 Å². The number of rotatable bonds is 4. The molecule has 3 aromatic rings. The van der Waals surface area contributed by atoms with E-state index in [2.05, 4.69) is 14.9 Å². The number of nitrogens with zero attached hydrogens (tertiary/aromatic N) is 6. The first-order valence-corrected chi connectivity index (χ1v) is 11.1. The third-order valence-electron chi connectivity index (χ3n) is 6.52. The maximum Gasteiger partial charge on any atom is 0.267 e. The summed E-state index contributed by atoms with van der Waals surface area (Å²) in [4.78, 5) is 34.4. The number of hydrogen-bond acceptors (Lipinski definition) is 6. The molecule has 1 fully saturated rings. The highest BCUT2D eigenvalue weighted by atomic mass is 16.1. The summed E-state index contributed by atoms with van der Waals surface area (Å²) >= 11 is 0. The number of benzene rings is 1. The summed E-state index contributed by atoms with van der Waals surface area (Å²) in [5.41, 5.74) is 2.96. The molecule has 5 rings (SSSR count). The topological polar surface area (TPSA) is 76.3 Å². The highest BCUT2D eigenvalue weighted by Crippen LogP contribution is 2.18. The predicted molar refractivity (Wildman–Crippen MR) is 121 cm³/mol. The molecule has 3 heterocycles. The number of fused-ring (bicyclic) bond motifs is 2. The molecular formula is C23H28N6O2. The molecule has 0 spiro atoms. The van der Waals surface area contributed by atoms with Gasteiger partial charge in [0, 0.05) is 45.8 Å². The van der Waals surface area contributed by atoms with E-state index in [9.17, 15) is 9.59 Å². The summed E-state index contributed by atoms with van der Waals surface area (Å²) in [7, 11) is 1.79. The molecule has 1 aromatic carbocycles. The summed E-state index contributed by atoms with van der Waals surface area (Å²) in [5, 5.41) is 5.28. The molecule has 8 nitrogen and oxygen atoms in total. The maximum absolute atomic E-state index is 12.7. The van der Waals surface area contributed by atoms with Crippen molar-refractivity contribution < 1.29 is 0 Å². The monoisotopic (exact) mass is 420 g/mol. The highest BCUT2D eigenvalue weighted by molar-refractivity contribution is 5.78. The van der Waals surface area contributed by atoms with Crippen LogP contribution in [0.2, 0.25) is 0 Å². The summed E-state index contributed by atoms with van der Waals surface area (Å²) in [6.45, 7) is 4.73. The average molecular weight is 421 g/mol. The normalized spacial score (nSPS) is 17.1. The maximum atomic E-state index is 12.7. The van der Waals surface area contributed by atoms with E-state index in [4.69, 9.17) is 4.98 Å². The van der Waals surface area contributed by atoms with Gasteiger partial charge in [0.2, 0.25) is 5.95 Å². The van der Waals surface area contributed by atoms with Gasteiger partial charge in [-0.1, -0.05) is 12.1 Å². The van der Waals surface area contributed by atoms with Gasteiger partial charge in [-0.05, 0) is 43.4 Å². The van der Waals surface area contributed by atoms with Crippen LogP contribution in [0.4, 0.5) is 5.95 Å². The Bertz CT molecular complexity index is 1220. The molecule has 2 aliphatic rings. The Morgan fingerprint density at radius 2 is 1.74 bits per heavy atom. The molecular weight excluding hydrogens is 392 g/mol. The van der Waals surface area contributed by atoms with E-state index in [0.717, 1.165) is 81.1 Å². The van der Waals surface area contributed by atoms with Gasteiger partial charge in [0.15, 0.2) is 0 Å². The molecule has 1 aliphatic carbocycles. The summed E-state index contributed by atoms with van der Waals surface area (Å²) < 4.78 is 3.28. The first-order chi connectivity index (χ1) is 15.1. The molecule has 162 valence electrons. The zero-order valence-corrected chi connectivity index (χ0v) is 18.0. The second-order valence-corrected chi connectivity index (χ2v) is 8.51. The van der Waals surface area contributed by atoms with Crippen LogP contribution in [0.1, 0.15) is 24.1 Å². The van der Waals surface area contributed by atoms with Crippen molar-refractivity contribution in [1.29, 1.82) is 0 Å². The molecule has 0 N–H and O–H groups in total. The van der Waals surface area contributed by atoms with Gasteiger partial charge in [-0.25, -0.2) is 9.67 Å². The minimum atomic E-state index is -0.0131. The first kappa shape index (κ1) is 19.9. The van der Waals surface area contributed by atoms with Crippen LogP contribution in [0.15, 0.2) is 39.9 Å². The number of hydrogen-bond donors (Lipinski definition) is 0. The van der Waals surface area contributed by atoms with Crippen LogP contribution in [0.25, 0.3) is 10.9 Å². The molecule has 2 aromatic heterocycles. The number of aromatic nitrogens is 4. The Morgan fingerprint density at radius 1 is 0.968 bits per heavy atom. The van der Waals surface area contributed by atoms with Crippen molar-refractivity contribution in [2.45, 2.75) is 32.2 Å². The lowest BCUT2D eigenvalue weighted by Crippen LogP contribution is -2.49. The van der Waals surface area contributed by atoms with Gasteiger partial charge in [-0.2, -0.15) is 5.10 Å². The fraction of sp³-hybridized carbons (Fsp3) is 0.478. The lowest BCUT2D eigenvalue weighted by atomic mass is 9.97. The lowest BCUT2D eigenvalue weighted by molar-refractivity contribution is 0.240. The number of para-hydroxylation sites is 1. The van der Waals surface area contributed by atoms with E-state index in [1.807, 2.05) is 24.3 Å². The van der Waals surface area contributed by atoms with E-state index in [1.165, 1.54) is 0 Å². The van der Waals surface area contributed by atoms with Crippen molar-refractivity contribution >= 4 is 16.9 Å². The Kier molecular flexibility index (Phi) is 5.31. The first-order valence-electron chi connectivity index (χ1n) is 11.1. The van der Waals surface area contributed by atoms with E-state index >= 15 is 0 Å². The molecule has 0 unspecified atom stereocenters.